The number of ether oxygens (including phenoxy) is 1. The van der Waals surface area contributed by atoms with Crippen molar-refractivity contribution in [2.24, 2.45) is 0 Å². The SMILES string of the molecule is CN1CCN(c2ccc(C(=O)Nc3ccccc3N3CCOCC3)cn2)CC1. The molecule has 0 unspecified atom stereocenters. The zero-order valence-electron chi connectivity index (χ0n) is 16.3. The Morgan fingerprint density at radius 2 is 1.71 bits per heavy atom. The van der Waals surface area contributed by atoms with Gasteiger partial charge in [0.1, 0.15) is 5.82 Å². The van der Waals surface area contributed by atoms with Crippen molar-refractivity contribution in [3.05, 3.63) is 48.2 Å². The van der Waals surface area contributed by atoms with Crippen LogP contribution in [0.3, 0.4) is 0 Å². The molecule has 2 aliphatic heterocycles. The van der Waals surface area contributed by atoms with Gasteiger partial charge in [-0.2, -0.15) is 0 Å². The summed E-state index contributed by atoms with van der Waals surface area (Å²) in [7, 11) is 2.13. The number of nitrogens with zero attached hydrogens (tertiary/aromatic N) is 4. The maximum Gasteiger partial charge on any atom is 0.257 e. The summed E-state index contributed by atoms with van der Waals surface area (Å²) in [5, 5.41) is 3.05. The van der Waals surface area contributed by atoms with Crippen LogP contribution in [0.15, 0.2) is 42.6 Å². The number of hydrogen-bond acceptors (Lipinski definition) is 6. The van der Waals surface area contributed by atoms with Gasteiger partial charge in [-0.3, -0.25) is 4.79 Å². The minimum Gasteiger partial charge on any atom is -0.378 e. The van der Waals surface area contributed by atoms with E-state index < -0.39 is 0 Å². The molecule has 1 N–H and O–H groups in total. The van der Waals surface area contributed by atoms with E-state index in [4.69, 9.17) is 4.74 Å². The summed E-state index contributed by atoms with van der Waals surface area (Å²) in [6, 6.07) is 11.7. The number of nitrogens with one attached hydrogen (secondary N) is 1. The average molecular weight is 381 g/mol. The van der Waals surface area contributed by atoms with Crippen LogP contribution in [0.2, 0.25) is 0 Å². The molecule has 1 amide bonds. The lowest BCUT2D eigenvalue weighted by Gasteiger charge is -2.33. The van der Waals surface area contributed by atoms with E-state index in [0.29, 0.717) is 18.8 Å². The number of morpholine rings is 1. The molecule has 0 aliphatic carbocycles. The lowest BCUT2D eigenvalue weighted by Crippen LogP contribution is -2.44. The highest BCUT2D eigenvalue weighted by Gasteiger charge is 2.18. The van der Waals surface area contributed by atoms with Crippen LogP contribution in [-0.4, -0.2) is 75.3 Å². The van der Waals surface area contributed by atoms with Crippen LogP contribution in [0.4, 0.5) is 17.2 Å². The fourth-order valence-corrected chi connectivity index (χ4v) is 3.60. The first kappa shape index (κ1) is 18.7. The molecule has 2 aromatic rings. The molecule has 7 heteroatoms. The van der Waals surface area contributed by atoms with Crippen LogP contribution < -0.4 is 15.1 Å². The first-order valence-corrected chi connectivity index (χ1v) is 9.83. The highest BCUT2D eigenvalue weighted by atomic mass is 16.5. The van der Waals surface area contributed by atoms with Gasteiger partial charge >= 0.3 is 0 Å². The Kier molecular flexibility index (Phi) is 5.73. The molecule has 148 valence electrons. The Morgan fingerprint density at radius 1 is 0.964 bits per heavy atom. The van der Waals surface area contributed by atoms with Gasteiger partial charge in [0, 0.05) is 45.5 Å². The molecule has 2 aliphatic rings. The molecule has 2 saturated heterocycles. The van der Waals surface area contributed by atoms with Crippen molar-refractivity contribution >= 4 is 23.1 Å². The monoisotopic (exact) mass is 381 g/mol. The highest BCUT2D eigenvalue weighted by molar-refractivity contribution is 6.05. The fraction of sp³-hybridized carbons (Fsp3) is 0.429. The molecule has 1 aromatic heterocycles. The first-order valence-electron chi connectivity index (χ1n) is 9.83. The zero-order valence-corrected chi connectivity index (χ0v) is 16.3. The van der Waals surface area contributed by atoms with Crippen LogP contribution in [0.25, 0.3) is 0 Å². The normalized spacial score (nSPS) is 18.2. The number of para-hydroxylation sites is 2. The van der Waals surface area contributed by atoms with E-state index in [9.17, 15) is 4.79 Å². The van der Waals surface area contributed by atoms with Crippen molar-refractivity contribution in [3.8, 4) is 0 Å². The van der Waals surface area contributed by atoms with E-state index in [1.807, 2.05) is 36.4 Å². The summed E-state index contributed by atoms with van der Waals surface area (Å²) >= 11 is 0. The molecule has 0 bridgehead atoms. The van der Waals surface area contributed by atoms with Gasteiger partial charge in [0.25, 0.3) is 5.91 Å². The number of benzene rings is 1. The number of pyridine rings is 1. The Labute approximate surface area is 165 Å². The van der Waals surface area contributed by atoms with Crippen LogP contribution in [0.1, 0.15) is 10.4 Å². The van der Waals surface area contributed by atoms with E-state index in [-0.39, 0.29) is 5.91 Å². The van der Waals surface area contributed by atoms with Gasteiger partial charge in [0.05, 0.1) is 30.2 Å². The van der Waals surface area contributed by atoms with Gasteiger partial charge in [0.2, 0.25) is 0 Å². The Morgan fingerprint density at radius 3 is 2.43 bits per heavy atom. The van der Waals surface area contributed by atoms with E-state index in [2.05, 4.69) is 32.0 Å². The topological polar surface area (TPSA) is 60.9 Å². The van der Waals surface area contributed by atoms with Crippen molar-refractivity contribution in [2.75, 3.05) is 74.6 Å². The summed E-state index contributed by atoms with van der Waals surface area (Å²) < 4.78 is 5.43. The minimum absolute atomic E-state index is 0.141. The second-order valence-corrected chi connectivity index (χ2v) is 7.27. The second kappa shape index (κ2) is 8.58. The Bertz CT molecular complexity index is 797. The molecule has 0 spiro atoms. The molecular weight excluding hydrogens is 354 g/mol. The molecule has 3 heterocycles. The third-order valence-corrected chi connectivity index (χ3v) is 5.34. The number of carbonyl (C=O) groups is 1. The summed E-state index contributed by atoms with van der Waals surface area (Å²) in [5.74, 6) is 0.788. The molecule has 7 nitrogen and oxygen atoms in total. The van der Waals surface area contributed by atoms with Gasteiger partial charge in [-0.15, -0.1) is 0 Å². The second-order valence-electron chi connectivity index (χ2n) is 7.27. The number of aromatic nitrogens is 1. The number of likely N-dealkylation sites (N-methyl/N-ethyl adjacent to an activating group) is 1. The lowest BCUT2D eigenvalue weighted by atomic mass is 10.2. The number of hydrogen-bond donors (Lipinski definition) is 1. The highest BCUT2D eigenvalue weighted by Crippen LogP contribution is 2.27. The maximum atomic E-state index is 12.8. The lowest BCUT2D eigenvalue weighted by molar-refractivity contribution is 0.102. The third-order valence-electron chi connectivity index (χ3n) is 5.34. The van der Waals surface area contributed by atoms with E-state index >= 15 is 0 Å². The molecule has 0 radical (unpaired) electrons. The van der Waals surface area contributed by atoms with Crippen LogP contribution in [0.5, 0.6) is 0 Å². The van der Waals surface area contributed by atoms with Gasteiger partial charge in [-0.25, -0.2) is 4.98 Å². The summed E-state index contributed by atoms with van der Waals surface area (Å²) in [5.41, 5.74) is 2.41. The van der Waals surface area contributed by atoms with Crippen molar-refractivity contribution in [1.29, 1.82) is 0 Å². The maximum absolute atomic E-state index is 12.8. The van der Waals surface area contributed by atoms with Gasteiger partial charge in [-0.05, 0) is 31.3 Å². The van der Waals surface area contributed by atoms with Gasteiger partial charge < -0.3 is 24.8 Å². The molecule has 2 fully saturated rings. The molecular formula is C21H27N5O2. The third kappa shape index (κ3) is 4.26. The number of anilines is 3. The fourth-order valence-electron chi connectivity index (χ4n) is 3.60. The predicted molar refractivity (Wildman–Crippen MR) is 111 cm³/mol. The summed E-state index contributed by atoms with van der Waals surface area (Å²) in [6.45, 7) is 7.05. The molecule has 4 rings (SSSR count). The predicted octanol–water partition coefficient (Wildman–Crippen LogP) is 1.92. The zero-order chi connectivity index (χ0) is 19.3. The van der Waals surface area contributed by atoms with Crippen LogP contribution >= 0.6 is 0 Å². The summed E-state index contributed by atoms with van der Waals surface area (Å²) in [6.07, 6.45) is 1.67. The molecule has 0 saturated carbocycles. The van der Waals surface area contributed by atoms with Crippen molar-refractivity contribution in [2.45, 2.75) is 0 Å². The Balaban J connectivity index is 1.44. The minimum atomic E-state index is -0.141. The summed E-state index contributed by atoms with van der Waals surface area (Å²) in [4.78, 5) is 24.1. The van der Waals surface area contributed by atoms with Crippen LogP contribution in [-0.2, 0) is 4.74 Å². The van der Waals surface area contributed by atoms with Crippen LogP contribution in [0, 0.1) is 0 Å². The Hall–Kier alpha value is -2.64. The molecule has 0 atom stereocenters. The first-order chi connectivity index (χ1) is 13.7. The quantitative estimate of drug-likeness (QED) is 0.873. The average Bonchev–Trinajstić information content (AvgIpc) is 2.75. The van der Waals surface area contributed by atoms with E-state index in [0.717, 1.165) is 56.5 Å². The molecule has 1 aromatic carbocycles. The number of rotatable bonds is 4. The standard InChI is InChI=1S/C21H27N5O2/c1-24-8-10-26(11-9-24)20-7-6-17(16-22-20)21(27)23-18-4-2-3-5-19(18)25-12-14-28-15-13-25/h2-7,16H,8-15H2,1H3,(H,23,27). The van der Waals surface area contributed by atoms with E-state index in [1.165, 1.54) is 0 Å². The van der Waals surface area contributed by atoms with E-state index in [1.54, 1.807) is 6.20 Å². The number of amides is 1. The van der Waals surface area contributed by atoms with Crippen molar-refractivity contribution in [3.63, 3.8) is 0 Å². The number of carbonyl (C=O) groups excluding carboxylic acids is 1. The van der Waals surface area contributed by atoms with Crippen molar-refractivity contribution < 1.29 is 9.53 Å². The number of piperazine rings is 1. The van der Waals surface area contributed by atoms with Gasteiger partial charge in [-0.1, -0.05) is 12.1 Å². The smallest absolute Gasteiger partial charge is 0.257 e. The molecule has 28 heavy (non-hydrogen) atoms. The largest absolute Gasteiger partial charge is 0.378 e. The van der Waals surface area contributed by atoms with Crippen molar-refractivity contribution in [1.82, 2.24) is 9.88 Å². The van der Waals surface area contributed by atoms with Gasteiger partial charge in [0.15, 0.2) is 0 Å².